The van der Waals surface area contributed by atoms with Gasteiger partial charge in [-0.15, -0.1) is 0 Å². The van der Waals surface area contributed by atoms with E-state index in [1.54, 1.807) is 19.2 Å². The molecule has 0 heterocycles. The first kappa shape index (κ1) is 15.5. The van der Waals surface area contributed by atoms with Gasteiger partial charge in [-0.1, -0.05) is 38.0 Å². The monoisotopic (exact) mass is 279 g/mol. The molecule has 0 saturated heterocycles. The van der Waals surface area contributed by atoms with Crippen LogP contribution in [-0.4, -0.2) is 26.8 Å². The number of methoxy groups -OCH3 is 1. The predicted molar refractivity (Wildman–Crippen MR) is 80.5 cm³/mol. The van der Waals surface area contributed by atoms with Gasteiger partial charge in [-0.3, -0.25) is 0 Å². The van der Waals surface area contributed by atoms with Crippen LogP contribution in [0.25, 0.3) is 0 Å². The minimum Gasteiger partial charge on any atom is -0.383 e. The lowest BCUT2D eigenvalue weighted by atomic mass is 9.57. The van der Waals surface area contributed by atoms with Gasteiger partial charge in [0.2, 0.25) is 0 Å². The van der Waals surface area contributed by atoms with E-state index in [1.165, 1.54) is 12.8 Å². The Morgan fingerprint density at radius 1 is 1.35 bits per heavy atom. The summed E-state index contributed by atoms with van der Waals surface area (Å²) in [5.41, 5.74) is 0.871. The van der Waals surface area contributed by atoms with Crippen molar-refractivity contribution >= 4 is 0 Å². The topological polar surface area (TPSA) is 21.3 Å². The van der Waals surface area contributed by atoms with E-state index in [0.717, 1.165) is 37.4 Å². The molecule has 1 aromatic carbocycles. The molecule has 2 nitrogen and oxygen atoms in total. The highest BCUT2D eigenvalue weighted by Crippen LogP contribution is 2.49. The number of halogens is 1. The van der Waals surface area contributed by atoms with Crippen molar-refractivity contribution in [2.75, 3.05) is 26.8 Å². The molecule has 0 radical (unpaired) electrons. The van der Waals surface area contributed by atoms with Gasteiger partial charge in [-0.2, -0.15) is 0 Å². The average molecular weight is 279 g/mol. The number of ether oxygens (including phenoxy) is 1. The van der Waals surface area contributed by atoms with Gasteiger partial charge < -0.3 is 10.1 Å². The van der Waals surface area contributed by atoms with E-state index in [1.807, 2.05) is 12.1 Å². The van der Waals surface area contributed by atoms with Crippen LogP contribution in [0, 0.1) is 11.7 Å². The van der Waals surface area contributed by atoms with Crippen molar-refractivity contribution in [1.29, 1.82) is 0 Å². The Kier molecular flexibility index (Phi) is 5.55. The number of nitrogens with one attached hydrogen (secondary N) is 1. The third kappa shape index (κ3) is 3.39. The van der Waals surface area contributed by atoms with Crippen LogP contribution in [0.4, 0.5) is 4.39 Å². The summed E-state index contributed by atoms with van der Waals surface area (Å²) in [7, 11) is 1.70. The van der Waals surface area contributed by atoms with Crippen molar-refractivity contribution in [1.82, 2.24) is 5.32 Å². The van der Waals surface area contributed by atoms with Gasteiger partial charge in [0.15, 0.2) is 0 Å². The summed E-state index contributed by atoms with van der Waals surface area (Å²) in [6, 6.07) is 7.25. The smallest absolute Gasteiger partial charge is 0.127 e. The molecule has 3 heteroatoms. The van der Waals surface area contributed by atoms with E-state index in [9.17, 15) is 4.39 Å². The molecule has 0 spiro atoms. The SMILES string of the molecule is CCCC1CC(CNCCOC)(c2ccccc2F)C1. The van der Waals surface area contributed by atoms with Crippen molar-refractivity contribution < 1.29 is 9.13 Å². The van der Waals surface area contributed by atoms with Crippen molar-refractivity contribution in [3.05, 3.63) is 35.6 Å². The Morgan fingerprint density at radius 3 is 2.75 bits per heavy atom. The lowest BCUT2D eigenvalue weighted by molar-refractivity contribution is 0.120. The quantitative estimate of drug-likeness (QED) is 0.735. The van der Waals surface area contributed by atoms with Crippen LogP contribution in [0.3, 0.4) is 0 Å². The van der Waals surface area contributed by atoms with Gasteiger partial charge in [0.25, 0.3) is 0 Å². The van der Waals surface area contributed by atoms with E-state index >= 15 is 0 Å². The minimum atomic E-state index is -0.0593. The van der Waals surface area contributed by atoms with Crippen LogP contribution in [0.1, 0.15) is 38.2 Å². The summed E-state index contributed by atoms with van der Waals surface area (Å²) >= 11 is 0. The molecule has 1 aromatic rings. The molecular weight excluding hydrogens is 253 g/mol. The van der Waals surface area contributed by atoms with Gasteiger partial charge in [0, 0.05) is 25.6 Å². The summed E-state index contributed by atoms with van der Waals surface area (Å²) in [6.07, 6.45) is 4.67. The molecule has 0 atom stereocenters. The number of hydrogen-bond acceptors (Lipinski definition) is 2. The van der Waals surface area contributed by atoms with Gasteiger partial charge in [0.05, 0.1) is 6.61 Å². The van der Waals surface area contributed by atoms with E-state index in [0.29, 0.717) is 6.61 Å². The zero-order chi connectivity index (χ0) is 14.4. The molecule has 1 aliphatic carbocycles. The van der Waals surface area contributed by atoms with Crippen LogP contribution in [-0.2, 0) is 10.2 Å². The number of benzene rings is 1. The first-order valence-electron chi connectivity index (χ1n) is 7.66. The average Bonchev–Trinajstić information content (AvgIpc) is 2.41. The molecule has 1 fully saturated rings. The standard InChI is InChI=1S/C17H26FNO/c1-3-6-14-11-17(12-14,13-19-9-10-20-2)15-7-4-5-8-16(15)18/h4-5,7-8,14,19H,3,6,9-13H2,1-2H3. The summed E-state index contributed by atoms with van der Waals surface area (Å²) in [5, 5.41) is 3.43. The number of rotatable bonds is 8. The van der Waals surface area contributed by atoms with Gasteiger partial charge in [-0.05, 0) is 30.4 Å². The Morgan fingerprint density at radius 2 is 2.10 bits per heavy atom. The molecule has 0 unspecified atom stereocenters. The molecule has 20 heavy (non-hydrogen) atoms. The molecule has 0 amide bonds. The van der Waals surface area contributed by atoms with Crippen molar-refractivity contribution in [2.24, 2.45) is 5.92 Å². The first-order chi connectivity index (χ1) is 9.72. The highest BCUT2D eigenvalue weighted by molar-refractivity contribution is 5.31. The molecule has 2 rings (SSSR count). The maximum atomic E-state index is 14.1. The number of hydrogen-bond donors (Lipinski definition) is 1. The van der Waals surface area contributed by atoms with Gasteiger partial charge >= 0.3 is 0 Å². The lowest BCUT2D eigenvalue weighted by Crippen LogP contribution is -2.49. The third-order valence-corrected chi connectivity index (χ3v) is 4.45. The fraction of sp³-hybridized carbons (Fsp3) is 0.647. The summed E-state index contributed by atoms with van der Waals surface area (Å²) < 4.78 is 19.2. The van der Waals surface area contributed by atoms with Gasteiger partial charge in [0.1, 0.15) is 5.82 Å². The van der Waals surface area contributed by atoms with E-state index in [-0.39, 0.29) is 11.2 Å². The van der Waals surface area contributed by atoms with E-state index in [4.69, 9.17) is 4.74 Å². The van der Waals surface area contributed by atoms with Crippen LogP contribution >= 0.6 is 0 Å². The predicted octanol–water partition coefficient (Wildman–Crippen LogP) is 3.51. The molecule has 0 bridgehead atoms. The maximum absolute atomic E-state index is 14.1. The Labute approximate surface area is 121 Å². The Balaban J connectivity index is 2.04. The molecule has 0 aromatic heterocycles. The molecule has 1 aliphatic rings. The van der Waals surface area contributed by atoms with Crippen LogP contribution in [0.15, 0.2) is 24.3 Å². The van der Waals surface area contributed by atoms with Crippen molar-refractivity contribution in [2.45, 2.75) is 38.0 Å². The van der Waals surface area contributed by atoms with Crippen LogP contribution < -0.4 is 5.32 Å². The first-order valence-corrected chi connectivity index (χ1v) is 7.66. The highest BCUT2D eigenvalue weighted by atomic mass is 19.1. The Bertz CT molecular complexity index is 415. The van der Waals surface area contributed by atoms with Crippen LogP contribution in [0.2, 0.25) is 0 Å². The van der Waals surface area contributed by atoms with E-state index < -0.39 is 0 Å². The fourth-order valence-electron chi connectivity index (χ4n) is 3.51. The maximum Gasteiger partial charge on any atom is 0.127 e. The largest absolute Gasteiger partial charge is 0.383 e. The zero-order valence-corrected chi connectivity index (χ0v) is 12.6. The van der Waals surface area contributed by atoms with Crippen LogP contribution in [0.5, 0.6) is 0 Å². The molecular formula is C17H26FNO. The van der Waals surface area contributed by atoms with Crippen molar-refractivity contribution in [3.63, 3.8) is 0 Å². The molecule has 0 aliphatic heterocycles. The molecule has 1 N–H and O–H groups in total. The highest BCUT2D eigenvalue weighted by Gasteiger charge is 2.45. The van der Waals surface area contributed by atoms with E-state index in [2.05, 4.69) is 12.2 Å². The summed E-state index contributed by atoms with van der Waals surface area (Å²) in [4.78, 5) is 0. The normalized spacial score (nSPS) is 25.4. The van der Waals surface area contributed by atoms with Crippen molar-refractivity contribution in [3.8, 4) is 0 Å². The second-order valence-corrected chi connectivity index (χ2v) is 5.99. The van der Waals surface area contributed by atoms with Gasteiger partial charge in [-0.25, -0.2) is 4.39 Å². The zero-order valence-electron chi connectivity index (χ0n) is 12.6. The second kappa shape index (κ2) is 7.19. The second-order valence-electron chi connectivity index (χ2n) is 5.99. The Hall–Kier alpha value is -0.930. The summed E-state index contributed by atoms with van der Waals surface area (Å²) in [5.74, 6) is 0.694. The summed E-state index contributed by atoms with van der Waals surface area (Å²) in [6.45, 7) is 4.59. The lowest BCUT2D eigenvalue weighted by Gasteiger charge is -2.49. The third-order valence-electron chi connectivity index (χ3n) is 4.45. The molecule has 1 saturated carbocycles. The fourth-order valence-corrected chi connectivity index (χ4v) is 3.51. The molecule has 112 valence electrons. The minimum absolute atomic E-state index is 0.0150.